The predicted octanol–water partition coefficient (Wildman–Crippen LogP) is 4.67. The largest absolute Gasteiger partial charge is 0.375 e. The Morgan fingerprint density at radius 2 is 1.96 bits per heavy atom. The zero-order chi connectivity index (χ0) is 16.5. The van der Waals surface area contributed by atoms with Crippen molar-refractivity contribution in [3.63, 3.8) is 0 Å². The summed E-state index contributed by atoms with van der Waals surface area (Å²) in [7, 11) is 0. The van der Waals surface area contributed by atoms with Crippen LogP contribution in [0.15, 0.2) is 53.5 Å². The molecular formula is C18H16N4S2. The zero-order valence-corrected chi connectivity index (χ0v) is 14.8. The predicted molar refractivity (Wildman–Crippen MR) is 101 cm³/mol. The number of nitrogen functional groups attached to an aromatic ring is 1. The summed E-state index contributed by atoms with van der Waals surface area (Å²) in [5.41, 5.74) is 11.3. The molecule has 0 atom stereocenters. The lowest BCUT2D eigenvalue weighted by Gasteiger charge is -2.09. The quantitative estimate of drug-likeness (QED) is 0.580. The number of hydrogen-bond acceptors (Lipinski definition) is 5. The van der Waals surface area contributed by atoms with E-state index in [-0.39, 0.29) is 0 Å². The SMILES string of the molecule is Cc1ccsc1-c1c(-c2ccccc2)ncn1Cc1csc(N)n1. The molecule has 3 aromatic heterocycles. The van der Waals surface area contributed by atoms with Crippen molar-refractivity contribution in [2.75, 3.05) is 5.73 Å². The third-order valence-corrected chi connectivity index (χ3v) is 5.61. The number of nitrogens with zero attached hydrogens (tertiary/aromatic N) is 3. The number of thiophene rings is 1. The Kier molecular flexibility index (Phi) is 3.92. The van der Waals surface area contributed by atoms with Crippen LogP contribution >= 0.6 is 22.7 Å². The minimum absolute atomic E-state index is 0.599. The van der Waals surface area contributed by atoms with Crippen molar-refractivity contribution in [2.45, 2.75) is 13.5 Å². The van der Waals surface area contributed by atoms with Crippen molar-refractivity contribution in [3.8, 4) is 21.8 Å². The topological polar surface area (TPSA) is 56.7 Å². The Hall–Kier alpha value is -2.44. The second kappa shape index (κ2) is 6.22. The van der Waals surface area contributed by atoms with Gasteiger partial charge in [0, 0.05) is 10.9 Å². The number of nitrogens with two attached hydrogens (primary N) is 1. The molecule has 0 aliphatic carbocycles. The Morgan fingerprint density at radius 3 is 2.62 bits per heavy atom. The maximum atomic E-state index is 5.77. The maximum Gasteiger partial charge on any atom is 0.180 e. The number of hydrogen-bond donors (Lipinski definition) is 1. The molecule has 0 saturated heterocycles. The van der Waals surface area contributed by atoms with Gasteiger partial charge < -0.3 is 10.3 Å². The first-order valence-corrected chi connectivity index (χ1v) is 9.33. The summed E-state index contributed by atoms with van der Waals surface area (Å²) in [5.74, 6) is 0. The lowest BCUT2D eigenvalue weighted by atomic mass is 10.1. The van der Waals surface area contributed by atoms with Gasteiger partial charge in [-0.05, 0) is 23.9 Å². The van der Waals surface area contributed by atoms with Crippen LogP contribution in [0.25, 0.3) is 21.8 Å². The number of aromatic nitrogens is 3. The lowest BCUT2D eigenvalue weighted by molar-refractivity contribution is 0.787. The van der Waals surface area contributed by atoms with Gasteiger partial charge in [-0.3, -0.25) is 0 Å². The summed E-state index contributed by atoms with van der Waals surface area (Å²) < 4.78 is 2.16. The second-order valence-electron chi connectivity index (χ2n) is 5.55. The van der Waals surface area contributed by atoms with Gasteiger partial charge in [0.15, 0.2) is 5.13 Å². The van der Waals surface area contributed by atoms with Crippen molar-refractivity contribution < 1.29 is 0 Å². The van der Waals surface area contributed by atoms with E-state index < -0.39 is 0 Å². The molecule has 4 aromatic rings. The Labute approximate surface area is 148 Å². The van der Waals surface area contributed by atoms with E-state index in [9.17, 15) is 0 Å². The Bertz CT molecular complexity index is 966. The molecule has 4 rings (SSSR count). The van der Waals surface area contributed by atoms with Gasteiger partial charge in [0.05, 0.1) is 34.8 Å². The number of thiazole rings is 1. The van der Waals surface area contributed by atoms with Gasteiger partial charge in [-0.1, -0.05) is 30.3 Å². The smallest absolute Gasteiger partial charge is 0.180 e. The van der Waals surface area contributed by atoms with E-state index in [0.29, 0.717) is 11.7 Å². The van der Waals surface area contributed by atoms with Crippen LogP contribution in [-0.2, 0) is 6.54 Å². The van der Waals surface area contributed by atoms with Crippen LogP contribution in [0.1, 0.15) is 11.3 Å². The highest BCUT2D eigenvalue weighted by atomic mass is 32.1. The van der Waals surface area contributed by atoms with Crippen molar-refractivity contribution in [1.29, 1.82) is 0 Å². The fourth-order valence-corrected chi connectivity index (χ4v) is 4.27. The molecular weight excluding hydrogens is 336 g/mol. The van der Waals surface area contributed by atoms with Crippen molar-refractivity contribution >= 4 is 27.8 Å². The average Bonchev–Trinajstić information content (AvgIpc) is 3.29. The zero-order valence-electron chi connectivity index (χ0n) is 13.1. The van der Waals surface area contributed by atoms with Gasteiger partial charge in [0.25, 0.3) is 0 Å². The first-order valence-electron chi connectivity index (χ1n) is 7.57. The molecule has 2 N–H and O–H groups in total. The fourth-order valence-electron chi connectivity index (χ4n) is 2.73. The Balaban J connectivity index is 1.85. The van der Waals surface area contributed by atoms with Crippen LogP contribution < -0.4 is 5.73 Å². The van der Waals surface area contributed by atoms with E-state index in [1.54, 1.807) is 11.3 Å². The molecule has 1 aromatic carbocycles. The third kappa shape index (κ3) is 2.74. The van der Waals surface area contributed by atoms with E-state index >= 15 is 0 Å². The molecule has 6 heteroatoms. The molecule has 0 bridgehead atoms. The first-order chi connectivity index (χ1) is 11.7. The second-order valence-corrected chi connectivity index (χ2v) is 7.35. The van der Waals surface area contributed by atoms with E-state index in [4.69, 9.17) is 10.7 Å². The number of anilines is 1. The van der Waals surface area contributed by atoms with E-state index in [1.807, 2.05) is 29.9 Å². The van der Waals surface area contributed by atoms with Gasteiger partial charge in [0.1, 0.15) is 0 Å². The number of imidazole rings is 1. The summed E-state index contributed by atoms with van der Waals surface area (Å²) in [5, 5.41) is 4.72. The van der Waals surface area contributed by atoms with Crippen molar-refractivity contribution in [1.82, 2.24) is 14.5 Å². The molecule has 0 radical (unpaired) electrons. The van der Waals surface area contributed by atoms with Crippen LogP contribution in [0.3, 0.4) is 0 Å². The van der Waals surface area contributed by atoms with E-state index in [1.165, 1.54) is 21.8 Å². The summed E-state index contributed by atoms with van der Waals surface area (Å²) in [4.78, 5) is 10.3. The summed E-state index contributed by atoms with van der Waals surface area (Å²) in [6.07, 6.45) is 1.90. The molecule has 4 nitrogen and oxygen atoms in total. The van der Waals surface area contributed by atoms with Gasteiger partial charge >= 0.3 is 0 Å². The third-order valence-electron chi connectivity index (χ3n) is 3.86. The molecule has 0 fully saturated rings. The van der Waals surface area contributed by atoms with Crippen LogP contribution in [0, 0.1) is 6.92 Å². The molecule has 0 aliphatic heterocycles. The van der Waals surface area contributed by atoms with Gasteiger partial charge in [-0.25, -0.2) is 9.97 Å². The Morgan fingerprint density at radius 1 is 1.12 bits per heavy atom. The molecule has 3 heterocycles. The summed E-state index contributed by atoms with van der Waals surface area (Å²) in [6, 6.07) is 12.4. The van der Waals surface area contributed by atoms with Crippen molar-refractivity contribution in [2.24, 2.45) is 0 Å². The normalized spacial score (nSPS) is 11.0. The van der Waals surface area contributed by atoms with Crippen LogP contribution in [0.4, 0.5) is 5.13 Å². The molecule has 120 valence electrons. The highest BCUT2D eigenvalue weighted by molar-refractivity contribution is 7.14. The number of benzene rings is 1. The molecule has 0 unspecified atom stereocenters. The highest BCUT2D eigenvalue weighted by Crippen LogP contribution is 2.36. The lowest BCUT2D eigenvalue weighted by Crippen LogP contribution is -2.01. The molecule has 0 spiro atoms. The molecule has 0 amide bonds. The summed E-state index contributed by atoms with van der Waals surface area (Å²) >= 11 is 3.21. The summed E-state index contributed by atoms with van der Waals surface area (Å²) in [6.45, 7) is 2.80. The molecule has 24 heavy (non-hydrogen) atoms. The van der Waals surface area contributed by atoms with E-state index in [2.05, 4.69) is 40.1 Å². The van der Waals surface area contributed by atoms with Crippen LogP contribution in [0.5, 0.6) is 0 Å². The monoisotopic (exact) mass is 352 g/mol. The first kappa shape index (κ1) is 15.1. The molecule has 0 saturated carbocycles. The van der Waals surface area contributed by atoms with Crippen LogP contribution in [-0.4, -0.2) is 14.5 Å². The average molecular weight is 352 g/mol. The standard InChI is InChI=1S/C18H16N4S2/c1-12-7-8-23-17(12)16-15(13-5-3-2-4-6-13)20-11-22(16)9-14-10-24-18(19)21-14/h2-8,10-11H,9H2,1H3,(H2,19,21). The van der Waals surface area contributed by atoms with Gasteiger partial charge in [-0.2, -0.15) is 0 Å². The van der Waals surface area contributed by atoms with Crippen LogP contribution in [0.2, 0.25) is 0 Å². The minimum atomic E-state index is 0.599. The fraction of sp³-hybridized carbons (Fsp3) is 0.111. The number of aryl methyl sites for hydroxylation is 1. The minimum Gasteiger partial charge on any atom is -0.375 e. The maximum absolute atomic E-state index is 5.77. The highest BCUT2D eigenvalue weighted by Gasteiger charge is 2.18. The molecule has 0 aliphatic rings. The van der Waals surface area contributed by atoms with Gasteiger partial charge in [0.2, 0.25) is 0 Å². The number of rotatable bonds is 4. The van der Waals surface area contributed by atoms with Crippen molar-refractivity contribution in [3.05, 3.63) is 64.7 Å². The van der Waals surface area contributed by atoms with Gasteiger partial charge in [-0.15, -0.1) is 22.7 Å². The van der Waals surface area contributed by atoms with E-state index in [0.717, 1.165) is 22.6 Å².